The number of nitrogens with one attached hydrogen (secondary N) is 1. The Hall–Kier alpha value is -0.360. The fourth-order valence-electron chi connectivity index (χ4n) is 1.80. The molecule has 5 nitrogen and oxygen atoms in total. The molecule has 1 aliphatic heterocycles. The van der Waals surface area contributed by atoms with Gasteiger partial charge in [0.25, 0.3) is 0 Å². The lowest BCUT2D eigenvalue weighted by atomic mass is 10.1. The molecule has 100 valence electrons. The number of hydrogen-bond acceptors (Lipinski definition) is 5. The highest BCUT2D eigenvalue weighted by Crippen LogP contribution is 2.21. The first-order chi connectivity index (χ1) is 7.25. The SMILES string of the molecule is CN(C)Cc1nnc(C2CCCCN2)o1.Cl.Cl. The van der Waals surface area contributed by atoms with Gasteiger partial charge < -0.3 is 14.6 Å². The molecule has 1 atom stereocenters. The molecule has 1 aromatic heterocycles. The third-order valence-corrected chi connectivity index (χ3v) is 2.54. The molecule has 2 heterocycles. The largest absolute Gasteiger partial charge is 0.422 e. The van der Waals surface area contributed by atoms with Gasteiger partial charge in [-0.25, -0.2) is 0 Å². The van der Waals surface area contributed by atoms with E-state index in [1.807, 2.05) is 19.0 Å². The van der Waals surface area contributed by atoms with Crippen molar-refractivity contribution in [2.75, 3.05) is 20.6 Å². The van der Waals surface area contributed by atoms with Crippen LogP contribution in [0.5, 0.6) is 0 Å². The smallest absolute Gasteiger partial charge is 0.233 e. The second-order valence-corrected chi connectivity index (χ2v) is 4.27. The summed E-state index contributed by atoms with van der Waals surface area (Å²) in [5, 5.41) is 11.5. The lowest BCUT2D eigenvalue weighted by Gasteiger charge is -2.19. The van der Waals surface area contributed by atoms with Gasteiger partial charge in [-0.1, -0.05) is 6.42 Å². The van der Waals surface area contributed by atoms with Crippen LogP contribution in [0.25, 0.3) is 0 Å². The molecule has 1 fully saturated rings. The molecule has 7 heteroatoms. The number of hydrogen-bond donors (Lipinski definition) is 1. The zero-order valence-electron chi connectivity index (χ0n) is 10.2. The summed E-state index contributed by atoms with van der Waals surface area (Å²) in [5.74, 6) is 1.44. The molecule has 0 saturated carbocycles. The fourth-order valence-corrected chi connectivity index (χ4v) is 1.80. The van der Waals surface area contributed by atoms with Crippen LogP contribution < -0.4 is 5.32 Å². The second-order valence-electron chi connectivity index (χ2n) is 4.27. The van der Waals surface area contributed by atoms with Crippen LogP contribution in [0, 0.1) is 0 Å². The molecule has 0 radical (unpaired) electrons. The summed E-state index contributed by atoms with van der Waals surface area (Å²) < 4.78 is 5.61. The maximum Gasteiger partial charge on any atom is 0.233 e. The zero-order chi connectivity index (χ0) is 10.7. The zero-order valence-corrected chi connectivity index (χ0v) is 11.8. The van der Waals surface area contributed by atoms with Crippen molar-refractivity contribution in [2.45, 2.75) is 31.8 Å². The normalized spacial score (nSPS) is 19.6. The number of nitrogens with zero attached hydrogens (tertiary/aromatic N) is 3. The lowest BCUT2D eigenvalue weighted by molar-refractivity contribution is 0.299. The Bertz CT molecular complexity index is 313. The van der Waals surface area contributed by atoms with Crippen LogP contribution in [0.15, 0.2) is 4.42 Å². The Morgan fingerprint density at radius 2 is 2.06 bits per heavy atom. The maximum absolute atomic E-state index is 5.61. The minimum atomic E-state index is 0. The minimum absolute atomic E-state index is 0. The van der Waals surface area contributed by atoms with Crippen LogP contribution in [0.3, 0.4) is 0 Å². The highest BCUT2D eigenvalue weighted by Gasteiger charge is 2.20. The van der Waals surface area contributed by atoms with Crippen LogP contribution in [0.1, 0.15) is 37.1 Å². The van der Waals surface area contributed by atoms with Gasteiger partial charge in [0.2, 0.25) is 11.8 Å². The summed E-state index contributed by atoms with van der Waals surface area (Å²) in [4.78, 5) is 2.02. The van der Waals surface area contributed by atoms with Crippen molar-refractivity contribution in [3.63, 3.8) is 0 Å². The topological polar surface area (TPSA) is 54.2 Å². The van der Waals surface area contributed by atoms with Crippen LogP contribution >= 0.6 is 24.8 Å². The highest BCUT2D eigenvalue weighted by molar-refractivity contribution is 5.85. The third-order valence-electron chi connectivity index (χ3n) is 2.54. The summed E-state index contributed by atoms with van der Waals surface area (Å²) in [6, 6.07) is 0.266. The van der Waals surface area contributed by atoms with E-state index in [1.165, 1.54) is 12.8 Å². The van der Waals surface area contributed by atoms with E-state index in [0.29, 0.717) is 12.4 Å². The van der Waals surface area contributed by atoms with E-state index in [-0.39, 0.29) is 30.9 Å². The quantitative estimate of drug-likeness (QED) is 0.916. The molecule has 0 amide bonds. The van der Waals surface area contributed by atoms with E-state index < -0.39 is 0 Å². The number of piperidine rings is 1. The number of aromatic nitrogens is 2. The van der Waals surface area contributed by atoms with Gasteiger partial charge in [-0.15, -0.1) is 35.0 Å². The van der Waals surface area contributed by atoms with Gasteiger partial charge in [0, 0.05) is 0 Å². The molecule has 17 heavy (non-hydrogen) atoms. The number of rotatable bonds is 3. The summed E-state index contributed by atoms with van der Waals surface area (Å²) in [5.41, 5.74) is 0. The van der Waals surface area contributed by atoms with Crippen molar-refractivity contribution in [1.29, 1.82) is 0 Å². The van der Waals surface area contributed by atoms with Crippen LogP contribution in [-0.2, 0) is 6.54 Å². The van der Waals surface area contributed by atoms with Crippen molar-refractivity contribution < 1.29 is 4.42 Å². The van der Waals surface area contributed by atoms with Gasteiger partial charge in [0.05, 0.1) is 12.6 Å². The van der Waals surface area contributed by atoms with Crippen LogP contribution in [0.4, 0.5) is 0 Å². The molecule has 0 spiro atoms. The molecule has 1 aromatic rings. The first-order valence-electron chi connectivity index (χ1n) is 5.46. The van der Waals surface area contributed by atoms with Crippen molar-refractivity contribution in [3.8, 4) is 0 Å². The predicted molar refractivity (Wildman–Crippen MR) is 70.8 cm³/mol. The average molecular weight is 283 g/mol. The van der Waals surface area contributed by atoms with E-state index in [4.69, 9.17) is 4.42 Å². The minimum Gasteiger partial charge on any atom is -0.422 e. The molecule has 1 aliphatic rings. The fraction of sp³-hybridized carbons (Fsp3) is 0.800. The van der Waals surface area contributed by atoms with E-state index in [1.54, 1.807) is 0 Å². The molecule has 1 N–H and O–H groups in total. The van der Waals surface area contributed by atoms with Gasteiger partial charge in [0.1, 0.15) is 0 Å². The standard InChI is InChI=1S/C10H18N4O.2ClH/c1-14(2)7-9-12-13-10(15-9)8-5-3-4-6-11-8;;/h8,11H,3-7H2,1-2H3;2*1H. The Morgan fingerprint density at radius 3 is 2.65 bits per heavy atom. The van der Waals surface area contributed by atoms with Crippen molar-refractivity contribution in [3.05, 3.63) is 11.8 Å². The summed E-state index contributed by atoms with van der Waals surface area (Å²) in [6.07, 6.45) is 3.59. The lowest BCUT2D eigenvalue weighted by Crippen LogP contribution is -2.26. The monoisotopic (exact) mass is 282 g/mol. The van der Waals surface area contributed by atoms with E-state index in [2.05, 4.69) is 15.5 Å². The summed E-state index contributed by atoms with van der Waals surface area (Å²) >= 11 is 0. The predicted octanol–water partition coefficient (Wildman–Crippen LogP) is 1.79. The molecule has 0 aliphatic carbocycles. The van der Waals surface area contributed by atoms with Crippen molar-refractivity contribution in [1.82, 2.24) is 20.4 Å². The Balaban J connectivity index is 0.00000128. The molecule has 1 saturated heterocycles. The van der Waals surface area contributed by atoms with Gasteiger partial charge in [-0.3, -0.25) is 0 Å². The Morgan fingerprint density at radius 1 is 1.29 bits per heavy atom. The van der Waals surface area contributed by atoms with Gasteiger partial charge >= 0.3 is 0 Å². The van der Waals surface area contributed by atoms with Crippen LogP contribution in [-0.4, -0.2) is 35.7 Å². The Labute approximate surface area is 114 Å². The van der Waals surface area contributed by atoms with Gasteiger partial charge in [-0.05, 0) is 33.5 Å². The molecule has 0 aromatic carbocycles. The van der Waals surface area contributed by atoms with Crippen molar-refractivity contribution >= 4 is 24.8 Å². The highest BCUT2D eigenvalue weighted by atomic mass is 35.5. The number of halogens is 2. The first kappa shape index (κ1) is 16.6. The first-order valence-corrected chi connectivity index (χ1v) is 5.46. The summed E-state index contributed by atoms with van der Waals surface area (Å²) in [7, 11) is 3.98. The summed E-state index contributed by atoms with van der Waals surface area (Å²) in [6.45, 7) is 1.76. The Kier molecular flexibility index (Phi) is 7.70. The van der Waals surface area contributed by atoms with Gasteiger partial charge in [-0.2, -0.15) is 0 Å². The van der Waals surface area contributed by atoms with Gasteiger partial charge in [0.15, 0.2) is 0 Å². The van der Waals surface area contributed by atoms with Crippen LogP contribution in [0.2, 0.25) is 0 Å². The van der Waals surface area contributed by atoms with E-state index in [9.17, 15) is 0 Å². The molecular formula is C10H20Cl2N4O. The van der Waals surface area contributed by atoms with E-state index >= 15 is 0 Å². The molecule has 2 rings (SSSR count). The second kappa shape index (κ2) is 7.87. The maximum atomic E-state index is 5.61. The third kappa shape index (κ3) is 4.79. The average Bonchev–Trinajstić information content (AvgIpc) is 2.67. The van der Waals surface area contributed by atoms with Crippen molar-refractivity contribution in [2.24, 2.45) is 0 Å². The molecule has 1 unspecified atom stereocenters. The molecule has 0 bridgehead atoms. The molecular weight excluding hydrogens is 263 g/mol. The van der Waals surface area contributed by atoms with E-state index in [0.717, 1.165) is 18.9 Å².